The lowest BCUT2D eigenvalue weighted by molar-refractivity contribution is 0.588. The van der Waals surface area contributed by atoms with Crippen LogP contribution < -0.4 is 15.8 Å². The van der Waals surface area contributed by atoms with Crippen LogP contribution in [0.1, 0.15) is 77.6 Å². The Morgan fingerprint density at radius 2 is 1.17 bits per heavy atom. The number of rotatable bonds is 3. The lowest BCUT2D eigenvalue weighted by Crippen LogP contribution is -2.56. The van der Waals surface area contributed by atoms with E-state index in [0.29, 0.717) is 0 Å². The van der Waals surface area contributed by atoms with E-state index < -0.39 is 0 Å². The van der Waals surface area contributed by atoms with Crippen LogP contribution in [-0.2, 0) is 16.2 Å². The van der Waals surface area contributed by atoms with Crippen LogP contribution in [0.4, 0.5) is 11.4 Å². The number of fused-ring (bicyclic) bond motifs is 12. The first kappa shape index (κ1) is 37.6. The molecule has 0 saturated heterocycles. The van der Waals surface area contributed by atoms with Gasteiger partial charge >= 0.3 is 0 Å². The van der Waals surface area contributed by atoms with Crippen molar-refractivity contribution < 1.29 is 0 Å². The van der Waals surface area contributed by atoms with Crippen molar-refractivity contribution in [2.24, 2.45) is 0 Å². The molecule has 0 spiro atoms. The summed E-state index contributed by atoms with van der Waals surface area (Å²) in [7, 11) is 0. The van der Waals surface area contributed by atoms with Crippen molar-refractivity contribution in [1.82, 2.24) is 13.7 Å². The number of benzene rings is 7. The summed E-state index contributed by atoms with van der Waals surface area (Å²) in [6.45, 7) is 18.9. The second-order valence-corrected chi connectivity index (χ2v) is 21.1. The summed E-state index contributed by atoms with van der Waals surface area (Å²) in [5.74, 6) is 0. The van der Waals surface area contributed by atoms with Gasteiger partial charge in [-0.25, -0.2) is 0 Å². The number of hydrogen-bond donors (Lipinski definition) is 0. The van der Waals surface area contributed by atoms with E-state index in [1.165, 1.54) is 111 Å². The Balaban J connectivity index is 1.22. The molecule has 1 aliphatic carbocycles. The van der Waals surface area contributed by atoms with Crippen molar-refractivity contribution in [3.8, 4) is 17.1 Å². The smallest absolute Gasteiger partial charge is 0.248 e. The van der Waals surface area contributed by atoms with Crippen molar-refractivity contribution in [1.29, 1.82) is 0 Å². The average molecular weight is 827 g/mol. The molecule has 7 aromatic carbocycles. The topological polar surface area (TPSA) is 18.0 Å². The van der Waals surface area contributed by atoms with E-state index >= 15 is 0 Å². The molecule has 0 amide bonds. The SMILES string of the molecule is CC(C)(C)c1ccc(N2C3=C(B4c5c2cc(-n2cccc2)cc5-n2c5c4cccc5c4ccc5c(c6ccccc6n5-c5ccccc5)c42)C(C)(C)c2ccc(C(C)(C)C)cc23)cc1. The van der Waals surface area contributed by atoms with Gasteiger partial charge in [0, 0.05) is 84.6 Å². The molecule has 2 aliphatic heterocycles. The molecule has 310 valence electrons. The highest BCUT2D eigenvalue weighted by Gasteiger charge is 2.52. The van der Waals surface area contributed by atoms with Gasteiger partial charge in [-0.1, -0.05) is 146 Å². The molecule has 0 radical (unpaired) electrons. The number of hydrogen-bond acceptors (Lipinski definition) is 1. The number of para-hydroxylation sites is 3. The van der Waals surface area contributed by atoms with Crippen LogP contribution in [0.25, 0.3) is 66.4 Å². The predicted molar refractivity (Wildman–Crippen MR) is 272 cm³/mol. The molecule has 10 aromatic rings. The molecule has 0 N–H and O–H groups in total. The Bertz CT molecular complexity index is 3640. The van der Waals surface area contributed by atoms with Crippen LogP contribution in [0.2, 0.25) is 0 Å². The maximum absolute atomic E-state index is 2.67. The number of nitrogens with zero attached hydrogens (tertiary/aromatic N) is 4. The van der Waals surface area contributed by atoms with Gasteiger partial charge in [0.25, 0.3) is 0 Å². The minimum atomic E-state index is -0.254. The molecule has 13 rings (SSSR count). The van der Waals surface area contributed by atoms with Crippen molar-refractivity contribution in [2.45, 2.75) is 71.6 Å². The minimum Gasteiger partial charge on any atom is -0.324 e. The Morgan fingerprint density at radius 3 is 1.92 bits per heavy atom. The van der Waals surface area contributed by atoms with Gasteiger partial charge in [-0.2, -0.15) is 0 Å². The van der Waals surface area contributed by atoms with Gasteiger partial charge in [-0.3, -0.25) is 0 Å². The summed E-state index contributed by atoms with van der Waals surface area (Å²) >= 11 is 0. The van der Waals surface area contributed by atoms with Crippen LogP contribution in [0.5, 0.6) is 0 Å². The molecule has 64 heavy (non-hydrogen) atoms. The van der Waals surface area contributed by atoms with E-state index in [4.69, 9.17) is 0 Å². The second-order valence-electron chi connectivity index (χ2n) is 21.1. The summed E-state index contributed by atoms with van der Waals surface area (Å²) in [5, 5.41) is 5.13. The van der Waals surface area contributed by atoms with E-state index in [2.05, 4.69) is 238 Å². The number of anilines is 2. The molecule has 0 saturated carbocycles. The highest BCUT2D eigenvalue weighted by molar-refractivity contribution is 6.96. The second kappa shape index (κ2) is 12.6. The van der Waals surface area contributed by atoms with Gasteiger partial charge in [0.05, 0.1) is 16.6 Å². The third kappa shape index (κ3) is 4.90. The molecular formula is C59H51BN4. The van der Waals surface area contributed by atoms with Gasteiger partial charge in [0.2, 0.25) is 6.71 Å². The van der Waals surface area contributed by atoms with E-state index in [1.54, 1.807) is 0 Å². The van der Waals surface area contributed by atoms with Crippen LogP contribution in [-0.4, -0.2) is 20.4 Å². The van der Waals surface area contributed by atoms with Crippen molar-refractivity contribution in [2.75, 3.05) is 4.90 Å². The highest BCUT2D eigenvalue weighted by atomic mass is 15.2. The molecular weight excluding hydrogens is 775 g/mol. The monoisotopic (exact) mass is 826 g/mol. The van der Waals surface area contributed by atoms with Crippen LogP contribution >= 0.6 is 0 Å². The van der Waals surface area contributed by atoms with Crippen molar-refractivity contribution in [3.05, 3.63) is 192 Å². The van der Waals surface area contributed by atoms with Gasteiger partial charge in [-0.05, 0) is 105 Å². The zero-order valence-corrected chi connectivity index (χ0v) is 38.0. The molecule has 0 atom stereocenters. The van der Waals surface area contributed by atoms with E-state index in [1.807, 2.05) is 0 Å². The molecule has 0 bridgehead atoms. The first-order valence-corrected chi connectivity index (χ1v) is 23.0. The molecule has 5 heteroatoms. The fourth-order valence-corrected chi connectivity index (χ4v) is 11.9. The van der Waals surface area contributed by atoms with Gasteiger partial charge < -0.3 is 18.6 Å². The van der Waals surface area contributed by atoms with E-state index in [9.17, 15) is 0 Å². The molecule has 0 fully saturated rings. The average Bonchev–Trinajstić information content (AvgIpc) is 4.07. The van der Waals surface area contributed by atoms with Gasteiger partial charge in [0.15, 0.2) is 0 Å². The first-order chi connectivity index (χ1) is 30.8. The quantitative estimate of drug-likeness (QED) is 0.162. The van der Waals surface area contributed by atoms with Crippen molar-refractivity contribution >= 4 is 78.3 Å². The summed E-state index contributed by atoms with van der Waals surface area (Å²) < 4.78 is 7.42. The first-order valence-electron chi connectivity index (χ1n) is 23.0. The van der Waals surface area contributed by atoms with Crippen molar-refractivity contribution in [3.63, 3.8) is 0 Å². The van der Waals surface area contributed by atoms with E-state index in [0.717, 1.165) is 5.69 Å². The fourth-order valence-electron chi connectivity index (χ4n) is 11.9. The zero-order chi connectivity index (χ0) is 43.6. The Kier molecular flexibility index (Phi) is 7.40. The number of aromatic nitrogens is 3. The van der Waals surface area contributed by atoms with Crippen LogP contribution in [0.3, 0.4) is 0 Å². The van der Waals surface area contributed by atoms with Gasteiger partial charge in [-0.15, -0.1) is 0 Å². The maximum atomic E-state index is 2.67. The lowest BCUT2D eigenvalue weighted by Gasteiger charge is -2.43. The summed E-state index contributed by atoms with van der Waals surface area (Å²) in [4.78, 5) is 2.65. The van der Waals surface area contributed by atoms with E-state index in [-0.39, 0.29) is 23.0 Å². The summed E-state index contributed by atoms with van der Waals surface area (Å²) in [6.07, 6.45) is 4.38. The fraction of sp³-hybridized carbons (Fsp3) is 0.186. The Hall–Kier alpha value is -6.98. The van der Waals surface area contributed by atoms with Crippen LogP contribution in [0, 0.1) is 0 Å². The van der Waals surface area contributed by atoms with Crippen LogP contribution in [0.15, 0.2) is 170 Å². The highest BCUT2D eigenvalue weighted by Crippen LogP contribution is 2.56. The predicted octanol–water partition coefficient (Wildman–Crippen LogP) is 13.6. The Morgan fingerprint density at radius 1 is 0.500 bits per heavy atom. The third-order valence-electron chi connectivity index (χ3n) is 15.0. The largest absolute Gasteiger partial charge is 0.324 e. The lowest BCUT2D eigenvalue weighted by atomic mass is 9.30. The minimum absolute atomic E-state index is 0.00462. The summed E-state index contributed by atoms with van der Waals surface area (Å²) in [6, 6.07) is 57.8. The summed E-state index contributed by atoms with van der Waals surface area (Å²) in [5.41, 5.74) is 21.8. The molecule has 0 unspecified atom stereocenters. The molecule has 4 nitrogen and oxygen atoms in total. The standard InChI is InChI=1S/C59H51BN4/c1-57(2,3)36-23-26-39(27-24-36)63-49-34-40(61-31-14-15-32-61)35-50-52(49)60(56-55(63)44-33-37(58(4,5)6)25-29-45(44)59(56,7)8)46-21-16-20-41-42-28-30-48-51(54(42)64(50)53(41)46)43-19-12-13-22-47(43)62(48)38-17-10-9-11-18-38/h9-35H,1-8H3. The normalized spacial score (nSPS) is 15.2. The maximum Gasteiger partial charge on any atom is 0.248 e. The van der Waals surface area contributed by atoms with Gasteiger partial charge in [0.1, 0.15) is 0 Å². The number of allylic oxidation sites excluding steroid dienone is 1. The Labute approximate surface area is 375 Å². The molecule has 5 heterocycles. The third-order valence-corrected chi connectivity index (χ3v) is 15.0. The molecule has 3 aliphatic rings. The zero-order valence-electron chi connectivity index (χ0n) is 38.0. The molecule has 3 aromatic heterocycles.